The number of fused-ring (bicyclic) bond motifs is 1. The Bertz CT molecular complexity index is 1010. The fourth-order valence-electron chi connectivity index (χ4n) is 2.97. The summed E-state index contributed by atoms with van der Waals surface area (Å²) in [5, 5.41) is 0.985. The molecule has 4 nitrogen and oxygen atoms in total. The zero-order valence-corrected chi connectivity index (χ0v) is 14.0. The Labute approximate surface area is 145 Å². The van der Waals surface area contributed by atoms with Crippen LogP contribution >= 0.6 is 0 Å². The van der Waals surface area contributed by atoms with Gasteiger partial charge >= 0.3 is 0 Å². The van der Waals surface area contributed by atoms with Crippen LogP contribution in [0, 0.1) is 0 Å². The summed E-state index contributed by atoms with van der Waals surface area (Å²) in [4.78, 5) is 4.83. The largest absolute Gasteiger partial charge is 0.493 e. The molecule has 0 atom stereocenters. The van der Waals surface area contributed by atoms with Gasteiger partial charge in [-0.25, -0.2) is 4.98 Å². The van der Waals surface area contributed by atoms with Crippen LogP contribution in [0.4, 0.5) is 0 Å². The predicted molar refractivity (Wildman–Crippen MR) is 98.0 cm³/mol. The molecule has 4 heteroatoms. The van der Waals surface area contributed by atoms with Crippen molar-refractivity contribution in [2.24, 2.45) is 0 Å². The van der Waals surface area contributed by atoms with E-state index in [0.29, 0.717) is 11.5 Å². The van der Waals surface area contributed by atoms with Gasteiger partial charge in [0.25, 0.3) is 0 Å². The van der Waals surface area contributed by atoms with Crippen molar-refractivity contribution in [1.82, 2.24) is 4.98 Å². The fourth-order valence-corrected chi connectivity index (χ4v) is 2.97. The van der Waals surface area contributed by atoms with Crippen molar-refractivity contribution in [3.63, 3.8) is 0 Å². The second kappa shape index (κ2) is 6.32. The summed E-state index contributed by atoms with van der Waals surface area (Å²) < 4.78 is 16.2. The van der Waals surface area contributed by atoms with Crippen molar-refractivity contribution < 1.29 is 13.9 Å². The Kier molecular flexibility index (Phi) is 3.86. The molecule has 25 heavy (non-hydrogen) atoms. The SMILES string of the molecule is COc1cc2nc(-c3ccccc3)cc(-c3ccoc3)c2cc1OC. The van der Waals surface area contributed by atoms with E-state index >= 15 is 0 Å². The predicted octanol–water partition coefficient (Wildman–Crippen LogP) is 5.18. The number of hydrogen-bond acceptors (Lipinski definition) is 4. The molecule has 2 aromatic heterocycles. The van der Waals surface area contributed by atoms with Crippen molar-refractivity contribution in [2.75, 3.05) is 14.2 Å². The topological polar surface area (TPSA) is 44.5 Å². The first-order valence-corrected chi connectivity index (χ1v) is 7.95. The molecule has 4 aromatic rings. The number of aromatic nitrogens is 1. The summed E-state index contributed by atoms with van der Waals surface area (Å²) in [6.45, 7) is 0. The average molecular weight is 331 g/mol. The van der Waals surface area contributed by atoms with Gasteiger partial charge in [-0.15, -0.1) is 0 Å². The maximum absolute atomic E-state index is 5.46. The van der Waals surface area contributed by atoms with Crippen LogP contribution in [0.3, 0.4) is 0 Å². The first kappa shape index (κ1) is 15.3. The molecule has 4 rings (SSSR count). The minimum Gasteiger partial charge on any atom is -0.493 e. The van der Waals surface area contributed by atoms with Gasteiger partial charge in [-0.3, -0.25) is 0 Å². The number of benzene rings is 2. The molecule has 2 heterocycles. The Morgan fingerprint density at radius 3 is 2.28 bits per heavy atom. The van der Waals surface area contributed by atoms with Crippen molar-refractivity contribution >= 4 is 10.9 Å². The summed E-state index contributed by atoms with van der Waals surface area (Å²) in [6, 6.07) is 18.0. The van der Waals surface area contributed by atoms with Gasteiger partial charge in [0.05, 0.1) is 38.0 Å². The van der Waals surface area contributed by atoms with E-state index in [-0.39, 0.29) is 0 Å². The smallest absolute Gasteiger partial charge is 0.162 e. The monoisotopic (exact) mass is 331 g/mol. The number of pyridine rings is 1. The zero-order chi connectivity index (χ0) is 17.2. The van der Waals surface area contributed by atoms with Gasteiger partial charge in [-0.2, -0.15) is 0 Å². The molecule has 0 saturated heterocycles. The molecule has 0 radical (unpaired) electrons. The first-order valence-electron chi connectivity index (χ1n) is 7.95. The minimum absolute atomic E-state index is 0.658. The van der Waals surface area contributed by atoms with Crippen LogP contribution in [-0.4, -0.2) is 19.2 Å². The molecule has 0 amide bonds. The molecule has 0 fully saturated rings. The van der Waals surface area contributed by atoms with Crippen LogP contribution in [0.25, 0.3) is 33.3 Å². The van der Waals surface area contributed by atoms with Crippen LogP contribution in [-0.2, 0) is 0 Å². The Morgan fingerprint density at radius 1 is 0.840 bits per heavy atom. The van der Waals surface area contributed by atoms with Crippen molar-refractivity contribution in [2.45, 2.75) is 0 Å². The van der Waals surface area contributed by atoms with Crippen molar-refractivity contribution in [1.29, 1.82) is 0 Å². The number of furan rings is 1. The van der Waals surface area contributed by atoms with Gasteiger partial charge < -0.3 is 13.9 Å². The maximum atomic E-state index is 5.46. The van der Waals surface area contributed by atoms with Crippen LogP contribution < -0.4 is 9.47 Å². The van der Waals surface area contributed by atoms with Gasteiger partial charge in [-0.05, 0) is 23.8 Å². The van der Waals surface area contributed by atoms with E-state index in [1.165, 1.54) is 0 Å². The highest BCUT2D eigenvalue weighted by atomic mass is 16.5. The number of nitrogens with zero attached hydrogens (tertiary/aromatic N) is 1. The van der Waals surface area contributed by atoms with E-state index in [2.05, 4.69) is 6.07 Å². The second-order valence-corrected chi connectivity index (χ2v) is 5.66. The Balaban J connectivity index is 2.04. The normalized spacial score (nSPS) is 10.8. The highest BCUT2D eigenvalue weighted by Crippen LogP contribution is 2.38. The van der Waals surface area contributed by atoms with Crippen LogP contribution in [0.15, 0.2) is 71.5 Å². The third-order valence-corrected chi connectivity index (χ3v) is 4.22. The highest BCUT2D eigenvalue weighted by molar-refractivity contribution is 5.98. The summed E-state index contributed by atoms with van der Waals surface area (Å²) >= 11 is 0. The number of rotatable bonds is 4. The third kappa shape index (κ3) is 2.72. The van der Waals surface area contributed by atoms with Crippen molar-refractivity contribution in [3.8, 4) is 33.9 Å². The lowest BCUT2D eigenvalue weighted by Crippen LogP contribution is -1.94. The first-order chi connectivity index (χ1) is 12.3. The standard InChI is InChI=1S/C21H17NO3/c1-23-20-11-17-16(15-8-9-25-13-15)10-18(14-6-4-3-5-7-14)22-19(17)12-21(20)24-2/h3-13H,1-2H3. The number of ether oxygens (including phenoxy) is 2. The maximum Gasteiger partial charge on any atom is 0.162 e. The molecule has 0 bridgehead atoms. The molecular formula is C21H17NO3. The summed E-state index contributed by atoms with van der Waals surface area (Å²) in [6.07, 6.45) is 3.41. The van der Waals surface area contributed by atoms with E-state index in [1.807, 2.05) is 48.5 Å². The van der Waals surface area contributed by atoms with Crippen LogP contribution in [0.2, 0.25) is 0 Å². The lowest BCUT2D eigenvalue weighted by Gasteiger charge is -2.13. The van der Waals surface area contributed by atoms with E-state index in [0.717, 1.165) is 33.3 Å². The lowest BCUT2D eigenvalue weighted by molar-refractivity contribution is 0.356. The molecule has 0 aliphatic carbocycles. The summed E-state index contributed by atoms with van der Waals surface area (Å²) in [7, 11) is 3.26. The quantitative estimate of drug-likeness (QED) is 0.517. The Morgan fingerprint density at radius 2 is 1.60 bits per heavy atom. The molecule has 0 N–H and O–H groups in total. The number of methoxy groups -OCH3 is 2. The molecule has 2 aromatic carbocycles. The fraction of sp³-hybridized carbons (Fsp3) is 0.0952. The molecule has 124 valence electrons. The molecule has 0 aliphatic heterocycles. The van der Waals surface area contributed by atoms with Gasteiger partial charge in [0.1, 0.15) is 0 Å². The average Bonchev–Trinajstić information content (AvgIpc) is 3.21. The molecular weight excluding hydrogens is 314 g/mol. The van der Waals surface area contributed by atoms with E-state index in [9.17, 15) is 0 Å². The highest BCUT2D eigenvalue weighted by Gasteiger charge is 2.14. The molecule has 0 aliphatic rings. The van der Waals surface area contributed by atoms with Gasteiger partial charge in [0.15, 0.2) is 11.5 Å². The molecule has 0 unspecified atom stereocenters. The second-order valence-electron chi connectivity index (χ2n) is 5.66. The van der Waals surface area contributed by atoms with Gasteiger partial charge in [-0.1, -0.05) is 30.3 Å². The van der Waals surface area contributed by atoms with Crippen molar-refractivity contribution in [3.05, 3.63) is 67.1 Å². The van der Waals surface area contributed by atoms with E-state index in [1.54, 1.807) is 26.7 Å². The lowest BCUT2D eigenvalue weighted by atomic mass is 10.00. The van der Waals surface area contributed by atoms with E-state index in [4.69, 9.17) is 18.9 Å². The van der Waals surface area contributed by atoms with E-state index < -0.39 is 0 Å². The number of hydrogen-bond donors (Lipinski definition) is 0. The minimum atomic E-state index is 0.658. The summed E-state index contributed by atoms with van der Waals surface area (Å²) in [5.74, 6) is 1.33. The zero-order valence-electron chi connectivity index (χ0n) is 14.0. The Hall–Kier alpha value is -3.27. The van der Waals surface area contributed by atoms with Crippen LogP contribution in [0.5, 0.6) is 11.5 Å². The molecule has 0 saturated carbocycles. The van der Waals surface area contributed by atoms with Gasteiger partial charge in [0.2, 0.25) is 0 Å². The third-order valence-electron chi connectivity index (χ3n) is 4.22. The summed E-state index contributed by atoms with van der Waals surface area (Å²) in [5.41, 5.74) is 4.84. The molecule has 0 spiro atoms. The van der Waals surface area contributed by atoms with Gasteiger partial charge in [0, 0.05) is 22.6 Å². The van der Waals surface area contributed by atoms with Crippen LogP contribution in [0.1, 0.15) is 0 Å².